The fourth-order valence-corrected chi connectivity index (χ4v) is 4.23. The lowest BCUT2D eigenvalue weighted by molar-refractivity contribution is 0.0245. The predicted octanol–water partition coefficient (Wildman–Crippen LogP) is 8.43. The van der Waals surface area contributed by atoms with E-state index in [2.05, 4.69) is 27.7 Å². The van der Waals surface area contributed by atoms with Crippen LogP contribution in [0.2, 0.25) is 0 Å². The summed E-state index contributed by atoms with van der Waals surface area (Å²) in [6.45, 7) is 9.39. The van der Waals surface area contributed by atoms with Gasteiger partial charge in [0, 0.05) is 0 Å². The summed E-state index contributed by atoms with van der Waals surface area (Å²) in [5.74, 6) is -0.515. The van der Waals surface area contributed by atoms with Gasteiger partial charge in [-0.2, -0.15) is 0 Å². The van der Waals surface area contributed by atoms with E-state index in [4.69, 9.17) is 14.2 Å². The van der Waals surface area contributed by atoms with Crippen LogP contribution in [-0.2, 0) is 27.4 Å². The van der Waals surface area contributed by atoms with Crippen LogP contribution in [-0.4, -0.2) is 24.1 Å². The predicted molar refractivity (Wildman–Crippen MR) is 149 cm³/mol. The van der Waals surface area contributed by atoms with E-state index >= 15 is 0 Å². The van der Waals surface area contributed by atoms with Crippen molar-refractivity contribution in [2.45, 2.75) is 117 Å². The lowest BCUT2D eigenvalue weighted by atomic mass is 10.1. The van der Waals surface area contributed by atoms with Crippen LogP contribution in [0.1, 0.15) is 124 Å². The maximum atomic E-state index is 12.5. The number of benzene rings is 2. The topological polar surface area (TPSA) is 61.8 Å². The summed E-state index contributed by atoms with van der Waals surface area (Å²) < 4.78 is 17.3. The zero-order chi connectivity index (χ0) is 26.9. The standard InChI is InChI=1S/C32H46O5/c1-5-9-13-29(11-7-3)36-31(33)27-19-15-25(16-20-27)23-35-24-26-17-21-28(22-18-26)32(34)37-30(12-8-4)14-10-6-2/h15-22,29-30H,5-14,23-24H2,1-4H3. The van der Waals surface area contributed by atoms with Crippen molar-refractivity contribution in [2.75, 3.05) is 0 Å². The Morgan fingerprint density at radius 1 is 0.568 bits per heavy atom. The van der Waals surface area contributed by atoms with Gasteiger partial charge in [-0.15, -0.1) is 0 Å². The molecule has 2 aromatic rings. The van der Waals surface area contributed by atoms with Crippen LogP contribution in [0.15, 0.2) is 48.5 Å². The normalized spacial score (nSPS) is 12.6. The van der Waals surface area contributed by atoms with Gasteiger partial charge in [-0.25, -0.2) is 9.59 Å². The van der Waals surface area contributed by atoms with Crippen LogP contribution in [0.5, 0.6) is 0 Å². The molecule has 5 nitrogen and oxygen atoms in total. The highest BCUT2D eigenvalue weighted by Gasteiger charge is 2.16. The zero-order valence-electron chi connectivity index (χ0n) is 23.3. The molecule has 0 spiro atoms. The smallest absolute Gasteiger partial charge is 0.338 e. The first-order chi connectivity index (χ1) is 18.0. The van der Waals surface area contributed by atoms with Crippen molar-refractivity contribution in [1.82, 2.24) is 0 Å². The highest BCUT2D eigenvalue weighted by atomic mass is 16.5. The minimum Gasteiger partial charge on any atom is -0.459 e. The van der Waals surface area contributed by atoms with Gasteiger partial charge in [0.15, 0.2) is 0 Å². The van der Waals surface area contributed by atoms with Gasteiger partial charge in [0.2, 0.25) is 0 Å². The van der Waals surface area contributed by atoms with Crippen molar-refractivity contribution in [2.24, 2.45) is 0 Å². The Hall–Kier alpha value is -2.66. The largest absolute Gasteiger partial charge is 0.459 e. The first-order valence-electron chi connectivity index (χ1n) is 14.2. The molecular formula is C32H46O5. The number of carbonyl (C=O) groups is 2. The van der Waals surface area contributed by atoms with Crippen molar-refractivity contribution in [1.29, 1.82) is 0 Å². The van der Waals surface area contributed by atoms with Gasteiger partial charge in [-0.3, -0.25) is 0 Å². The summed E-state index contributed by atoms with van der Waals surface area (Å²) >= 11 is 0. The Morgan fingerprint density at radius 3 is 1.27 bits per heavy atom. The molecule has 0 saturated carbocycles. The number of unbranched alkanes of at least 4 members (excludes halogenated alkanes) is 2. The number of carbonyl (C=O) groups excluding carboxylic acids is 2. The van der Waals surface area contributed by atoms with E-state index in [0.717, 1.165) is 75.3 Å². The molecule has 37 heavy (non-hydrogen) atoms. The molecule has 2 unspecified atom stereocenters. The van der Waals surface area contributed by atoms with Crippen LogP contribution in [0.25, 0.3) is 0 Å². The molecular weight excluding hydrogens is 464 g/mol. The third-order valence-electron chi connectivity index (χ3n) is 6.44. The van der Waals surface area contributed by atoms with E-state index in [-0.39, 0.29) is 24.1 Å². The van der Waals surface area contributed by atoms with Gasteiger partial charge in [-0.1, -0.05) is 90.5 Å². The average molecular weight is 511 g/mol. The van der Waals surface area contributed by atoms with E-state index in [1.165, 1.54) is 0 Å². The molecule has 0 aliphatic rings. The summed E-state index contributed by atoms with van der Waals surface area (Å²) in [5.41, 5.74) is 3.11. The van der Waals surface area contributed by atoms with E-state index in [1.54, 1.807) is 24.3 Å². The number of hydrogen-bond donors (Lipinski definition) is 0. The third kappa shape index (κ3) is 11.5. The molecule has 2 aromatic carbocycles. The lowest BCUT2D eigenvalue weighted by Crippen LogP contribution is -2.18. The lowest BCUT2D eigenvalue weighted by Gasteiger charge is -2.17. The molecule has 0 fully saturated rings. The molecule has 0 aliphatic heterocycles. The molecule has 0 bridgehead atoms. The number of esters is 2. The molecule has 5 heteroatoms. The average Bonchev–Trinajstić information content (AvgIpc) is 2.91. The van der Waals surface area contributed by atoms with Gasteiger partial charge in [0.1, 0.15) is 12.2 Å². The summed E-state index contributed by atoms with van der Waals surface area (Å²) in [4.78, 5) is 25.1. The van der Waals surface area contributed by atoms with E-state index in [9.17, 15) is 9.59 Å². The first-order valence-corrected chi connectivity index (χ1v) is 14.2. The monoisotopic (exact) mass is 510 g/mol. The summed E-state index contributed by atoms with van der Waals surface area (Å²) in [6.07, 6.45) is 9.97. The molecule has 2 rings (SSSR count). The van der Waals surface area contributed by atoms with E-state index in [1.807, 2.05) is 24.3 Å². The molecule has 0 N–H and O–H groups in total. The van der Waals surface area contributed by atoms with Gasteiger partial charge < -0.3 is 14.2 Å². The second-order valence-electron chi connectivity index (χ2n) is 9.80. The van der Waals surface area contributed by atoms with Crippen molar-refractivity contribution in [3.63, 3.8) is 0 Å². The van der Waals surface area contributed by atoms with Crippen molar-refractivity contribution in [3.05, 3.63) is 70.8 Å². The molecule has 204 valence electrons. The fraction of sp³-hybridized carbons (Fsp3) is 0.562. The minimum atomic E-state index is -0.257. The summed E-state index contributed by atoms with van der Waals surface area (Å²) in [5, 5.41) is 0. The van der Waals surface area contributed by atoms with Crippen LogP contribution in [0, 0.1) is 0 Å². The van der Waals surface area contributed by atoms with E-state index < -0.39 is 0 Å². The molecule has 0 saturated heterocycles. The Bertz CT molecular complexity index is 828. The Labute approximate surface area is 223 Å². The maximum absolute atomic E-state index is 12.5. The Balaban J connectivity index is 1.80. The van der Waals surface area contributed by atoms with Crippen LogP contribution in [0.3, 0.4) is 0 Å². The third-order valence-corrected chi connectivity index (χ3v) is 6.44. The summed E-state index contributed by atoms with van der Waals surface area (Å²) in [6, 6.07) is 14.8. The van der Waals surface area contributed by atoms with Crippen LogP contribution in [0.4, 0.5) is 0 Å². The number of hydrogen-bond acceptors (Lipinski definition) is 5. The second-order valence-corrected chi connectivity index (χ2v) is 9.80. The molecule has 0 aromatic heterocycles. The molecule has 0 radical (unpaired) electrons. The molecule has 0 amide bonds. The quantitative estimate of drug-likeness (QED) is 0.188. The molecule has 0 heterocycles. The summed E-state index contributed by atoms with van der Waals surface area (Å²) in [7, 11) is 0. The van der Waals surface area contributed by atoms with Crippen molar-refractivity contribution < 1.29 is 23.8 Å². The maximum Gasteiger partial charge on any atom is 0.338 e. The number of ether oxygens (including phenoxy) is 3. The molecule has 2 atom stereocenters. The van der Waals surface area contributed by atoms with Crippen molar-refractivity contribution >= 4 is 11.9 Å². The zero-order valence-corrected chi connectivity index (χ0v) is 23.3. The Morgan fingerprint density at radius 2 is 0.946 bits per heavy atom. The van der Waals surface area contributed by atoms with Gasteiger partial charge in [-0.05, 0) is 61.1 Å². The van der Waals surface area contributed by atoms with Gasteiger partial charge in [0.25, 0.3) is 0 Å². The Kier molecular flexibility index (Phi) is 14.7. The minimum absolute atomic E-state index is 0.00692. The van der Waals surface area contributed by atoms with Crippen LogP contribution < -0.4 is 0 Å². The van der Waals surface area contributed by atoms with Gasteiger partial charge in [0.05, 0.1) is 24.3 Å². The van der Waals surface area contributed by atoms with Gasteiger partial charge >= 0.3 is 11.9 Å². The highest BCUT2D eigenvalue weighted by Crippen LogP contribution is 2.17. The van der Waals surface area contributed by atoms with Crippen molar-refractivity contribution in [3.8, 4) is 0 Å². The number of rotatable bonds is 18. The molecule has 0 aliphatic carbocycles. The second kappa shape index (κ2) is 17.7. The first kappa shape index (κ1) is 30.6. The van der Waals surface area contributed by atoms with Crippen LogP contribution >= 0.6 is 0 Å². The highest BCUT2D eigenvalue weighted by molar-refractivity contribution is 5.90. The van der Waals surface area contributed by atoms with E-state index in [0.29, 0.717) is 24.3 Å². The fourth-order valence-electron chi connectivity index (χ4n) is 4.23. The SMILES string of the molecule is CCCCC(CCC)OC(=O)c1ccc(COCc2ccc(C(=O)OC(CCC)CCCC)cc2)cc1.